The van der Waals surface area contributed by atoms with Crippen LogP contribution in [0.25, 0.3) is 32.2 Å². The molecule has 6 heterocycles. The molecule has 3 N–H and O–H groups in total. The minimum atomic E-state index is -0.502. The van der Waals surface area contributed by atoms with Gasteiger partial charge in [0.05, 0.1) is 15.2 Å². The summed E-state index contributed by atoms with van der Waals surface area (Å²) < 4.78 is 23.6. The maximum Gasteiger partial charge on any atom is 0.319 e. The highest BCUT2D eigenvalue weighted by Crippen LogP contribution is 2.43. The molecule has 2 aromatic carbocycles. The number of rotatable bonds is 5. The highest BCUT2D eigenvalue weighted by Gasteiger charge is 2.36. The van der Waals surface area contributed by atoms with Crippen molar-refractivity contribution >= 4 is 55.0 Å². The Bertz CT molecular complexity index is 1540. The van der Waals surface area contributed by atoms with E-state index in [4.69, 9.17) is 27.1 Å². The van der Waals surface area contributed by atoms with Crippen LogP contribution in [-0.2, 0) is 0 Å². The Kier molecular flexibility index (Phi) is 6.03. The van der Waals surface area contributed by atoms with E-state index in [0.29, 0.717) is 51.1 Å². The Morgan fingerprint density at radius 1 is 1.21 bits per heavy atom. The van der Waals surface area contributed by atoms with Gasteiger partial charge in [-0.25, -0.2) is 9.37 Å². The number of nitrogen functional groups attached to an aromatic ring is 1. The Labute approximate surface area is 229 Å². The van der Waals surface area contributed by atoms with Gasteiger partial charge >= 0.3 is 6.01 Å². The van der Waals surface area contributed by atoms with Crippen molar-refractivity contribution in [2.45, 2.75) is 43.8 Å². The Morgan fingerprint density at radius 3 is 2.84 bits per heavy atom. The first kappa shape index (κ1) is 24.3. The monoisotopic (exact) mass is 553 g/mol. The number of anilines is 2. The molecule has 4 aliphatic heterocycles. The molecule has 4 aliphatic rings. The molecule has 8 rings (SSSR count). The van der Waals surface area contributed by atoms with Crippen LogP contribution < -0.4 is 20.7 Å². The van der Waals surface area contributed by atoms with Crippen LogP contribution in [0.15, 0.2) is 24.3 Å². The molecular weight excluding hydrogens is 525 g/mol. The number of piperidine rings is 2. The number of para-hydroxylation sites is 1. The van der Waals surface area contributed by atoms with Crippen molar-refractivity contribution in [1.29, 1.82) is 0 Å². The zero-order valence-corrected chi connectivity index (χ0v) is 22.7. The van der Waals surface area contributed by atoms with Crippen LogP contribution >= 0.6 is 22.9 Å². The zero-order chi connectivity index (χ0) is 26.0. The van der Waals surface area contributed by atoms with E-state index in [0.717, 1.165) is 50.0 Å². The number of nitrogens with zero attached hydrogens (tertiary/aromatic N) is 5. The van der Waals surface area contributed by atoms with Gasteiger partial charge in [-0.3, -0.25) is 0 Å². The van der Waals surface area contributed by atoms with E-state index in [1.165, 1.54) is 11.3 Å². The molecule has 8 nitrogen and oxygen atoms in total. The highest BCUT2D eigenvalue weighted by atomic mass is 35.5. The Hall–Kier alpha value is -2.79. The molecule has 0 spiro atoms. The number of aromatic nitrogens is 3. The largest absolute Gasteiger partial charge is 0.462 e. The van der Waals surface area contributed by atoms with Crippen molar-refractivity contribution in [3.8, 4) is 17.1 Å². The molecule has 4 saturated heterocycles. The number of likely N-dealkylation sites (tertiary alicyclic amines) is 1. The summed E-state index contributed by atoms with van der Waals surface area (Å²) in [6.45, 7) is 3.19. The third-order valence-electron chi connectivity index (χ3n) is 8.24. The molecule has 0 amide bonds. The zero-order valence-electron chi connectivity index (χ0n) is 21.1. The lowest BCUT2D eigenvalue weighted by molar-refractivity contribution is 0.188. The van der Waals surface area contributed by atoms with E-state index in [1.54, 1.807) is 6.07 Å². The number of fused-ring (bicyclic) bond motifs is 5. The van der Waals surface area contributed by atoms with Crippen molar-refractivity contribution < 1.29 is 9.13 Å². The van der Waals surface area contributed by atoms with Gasteiger partial charge in [-0.1, -0.05) is 35.1 Å². The van der Waals surface area contributed by atoms with Crippen LogP contribution in [-0.4, -0.2) is 71.3 Å². The standard InChI is InChI=1S/C27H29ClFN7OS/c1-35-9-3-4-16(35)13-37-27-33-24-18(25(34-27)36-12-14-7-8-15(36)11-31-14)10-19(28)21(22(24)29)17-5-2-6-20-23(17)32-26(30)38-20/h2,5-6,10,14-16,31H,3-4,7-9,11-13H2,1H3,(H2,30,32)/t14-,15-,16-/m0/s1. The molecule has 0 unspecified atom stereocenters. The third-order valence-corrected chi connectivity index (χ3v) is 9.39. The average molecular weight is 554 g/mol. The molecule has 4 aromatic rings. The molecule has 2 aromatic heterocycles. The number of nitrogens with one attached hydrogen (secondary N) is 1. The maximum absolute atomic E-state index is 16.5. The predicted molar refractivity (Wildman–Crippen MR) is 151 cm³/mol. The Morgan fingerprint density at radius 2 is 2.11 bits per heavy atom. The fraction of sp³-hybridized carbons (Fsp3) is 0.444. The van der Waals surface area contributed by atoms with Crippen LogP contribution in [0.5, 0.6) is 6.01 Å². The summed E-state index contributed by atoms with van der Waals surface area (Å²) in [7, 11) is 2.10. The van der Waals surface area contributed by atoms with Gasteiger partial charge in [-0.05, 0) is 51.4 Å². The van der Waals surface area contributed by atoms with Crippen LogP contribution in [0.4, 0.5) is 15.3 Å². The molecular formula is C27H29ClFN7OS. The normalized spacial score (nSPS) is 23.7. The first-order valence-electron chi connectivity index (χ1n) is 13.1. The van der Waals surface area contributed by atoms with Crippen molar-refractivity contribution in [2.24, 2.45) is 0 Å². The van der Waals surface area contributed by atoms with E-state index < -0.39 is 5.82 Å². The van der Waals surface area contributed by atoms with Crippen LogP contribution in [0.1, 0.15) is 25.7 Å². The summed E-state index contributed by atoms with van der Waals surface area (Å²) in [6, 6.07) is 8.56. The number of halogens is 2. The second kappa shape index (κ2) is 9.44. The van der Waals surface area contributed by atoms with E-state index in [2.05, 4.69) is 32.1 Å². The molecule has 3 atom stereocenters. The van der Waals surface area contributed by atoms with E-state index in [1.807, 2.05) is 18.2 Å². The number of likely N-dealkylation sites (N-methyl/N-ethyl adjacent to an activating group) is 1. The van der Waals surface area contributed by atoms with Gasteiger partial charge < -0.3 is 25.6 Å². The first-order valence-corrected chi connectivity index (χ1v) is 14.3. The minimum absolute atomic E-state index is 0.200. The van der Waals surface area contributed by atoms with Gasteiger partial charge in [0, 0.05) is 47.7 Å². The van der Waals surface area contributed by atoms with E-state index >= 15 is 4.39 Å². The number of piperazine rings is 1. The first-order chi connectivity index (χ1) is 18.5. The van der Waals surface area contributed by atoms with E-state index in [-0.39, 0.29) is 23.1 Å². The average Bonchev–Trinajstić information content (AvgIpc) is 3.52. The second-order valence-electron chi connectivity index (χ2n) is 10.6. The molecule has 4 fully saturated rings. The number of benzene rings is 2. The van der Waals surface area contributed by atoms with Crippen LogP contribution in [0.2, 0.25) is 5.02 Å². The lowest BCUT2D eigenvalue weighted by atomic mass is 9.92. The molecule has 0 aliphatic carbocycles. The fourth-order valence-corrected chi connectivity index (χ4v) is 7.24. The van der Waals surface area contributed by atoms with Gasteiger partial charge in [0.25, 0.3) is 0 Å². The van der Waals surface area contributed by atoms with Gasteiger partial charge in [0.1, 0.15) is 17.9 Å². The summed E-state index contributed by atoms with van der Waals surface area (Å²) in [6.07, 6.45) is 4.39. The summed E-state index contributed by atoms with van der Waals surface area (Å²) in [5, 5.41) is 4.90. The van der Waals surface area contributed by atoms with Crippen molar-refractivity contribution in [3.05, 3.63) is 35.1 Å². The number of nitrogens with two attached hydrogens (primary N) is 1. The van der Waals surface area contributed by atoms with Crippen molar-refractivity contribution in [1.82, 2.24) is 25.2 Å². The highest BCUT2D eigenvalue weighted by molar-refractivity contribution is 7.22. The van der Waals surface area contributed by atoms with Gasteiger partial charge in [0.15, 0.2) is 10.9 Å². The van der Waals surface area contributed by atoms with Crippen molar-refractivity contribution in [3.63, 3.8) is 0 Å². The van der Waals surface area contributed by atoms with E-state index in [9.17, 15) is 0 Å². The molecule has 198 valence electrons. The third kappa shape index (κ3) is 4.05. The number of thiazole rings is 1. The fourth-order valence-electron chi connectivity index (χ4n) is 6.19. The van der Waals surface area contributed by atoms with Gasteiger partial charge in [0.2, 0.25) is 0 Å². The number of hydrogen-bond acceptors (Lipinski definition) is 9. The number of hydrogen-bond donors (Lipinski definition) is 2. The lowest BCUT2D eigenvalue weighted by Gasteiger charge is -2.46. The maximum atomic E-state index is 16.5. The molecule has 0 saturated carbocycles. The summed E-state index contributed by atoms with van der Waals surface area (Å²) in [5.74, 6) is 0.183. The van der Waals surface area contributed by atoms with Crippen molar-refractivity contribution in [2.75, 3.05) is 43.9 Å². The molecule has 38 heavy (non-hydrogen) atoms. The van der Waals surface area contributed by atoms with Gasteiger partial charge in [-0.2, -0.15) is 9.97 Å². The lowest BCUT2D eigenvalue weighted by Crippen LogP contribution is -2.61. The second-order valence-corrected chi connectivity index (χ2v) is 12.0. The number of ether oxygens (including phenoxy) is 1. The van der Waals surface area contributed by atoms with Crippen LogP contribution in [0.3, 0.4) is 0 Å². The molecule has 11 heteroatoms. The summed E-state index contributed by atoms with van der Waals surface area (Å²) >= 11 is 8.19. The smallest absolute Gasteiger partial charge is 0.319 e. The molecule has 2 bridgehead atoms. The summed E-state index contributed by atoms with van der Waals surface area (Å²) in [5.41, 5.74) is 7.68. The van der Waals surface area contributed by atoms with Crippen LogP contribution in [0, 0.1) is 5.82 Å². The molecule has 0 radical (unpaired) electrons. The minimum Gasteiger partial charge on any atom is -0.462 e. The predicted octanol–water partition coefficient (Wildman–Crippen LogP) is 4.69. The quantitative estimate of drug-likeness (QED) is 0.367. The summed E-state index contributed by atoms with van der Waals surface area (Å²) in [4.78, 5) is 18.5. The topological polar surface area (TPSA) is 92.4 Å². The Balaban J connectivity index is 1.39. The van der Waals surface area contributed by atoms with Gasteiger partial charge in [-0.15, -0.1) is 0 Å². The SMILES string of the molecule is CN1CCC[C@H]1COc1nc(N2C[C@@H]3CC[C@H]2CN3)c2cc(Cl)c(-c3cccc4sc(N)nc34)c(F)c2n1.